The van der Waals surface area contributed by atoms with Crippen molar-refractivity contribution in [3.63, 3.8) is 0 Å². The molecule has 7 heteroatoms. The van der Waals surface area contributed by atoms with Crippen molar-refractivity contribution >= 4 is 12.1 Å². The molecule has 2 aliphatic rings. The third-order valence-corrected chi connectivity index (χ3v) is 3.88. The van der Waals surface area contributed by atoms with E-state index in [0.717, 1.165) is 0 Å². The van der Waals surface area contributed by atoms with Gasteiger partial charge in [-0.3, -0.25) is 4.90 Å². The van der Waals surface area contributed by atoms with Crippen molar-refractivity contribution in [2.45, 2.75) is 37.8 Å². The molecule has 0 spiro atoms. The van der Waals surface area contributed by atoms with Gasteiger partial charge in [0.2, 0.25) is 5.72 Å². The van der Waals surface area contributed by atoms with Crippen molar-refractivity contribution in [1.82, 2.24) is 4.90 Å². The Labute approximate surface area is 105 Å². The summed E-state index contributed by atoms with van der Waals surface area (Å²) in [5.74, 6) is -1.82. The van der Waals surface area contributed by atoms with Gasteiger partial charge >= 0.3 is 12.1 Å². The highest BCUT2D eigenvalue weighted by Crippen LogP contribution is 2.49. The first-order valence-electron chi connectivity index (χ1n) is 5.56. The number of carbonyl (C=O) groups is 2. The molecule has 0 saturated carbocycles. The van der Waals surface area contributed by atoms with Crippen molar-refractivity contribution in [2.75, 3.05) is 20.8 Å². The fourth-order valence-corrected chi connectivity index (χ4v) is 2.50. The number of esters is 1. The molecule has 102 valence electrons. The Balaban J connectivity index is 2.48. The normalized spacial score (nSPS) is 42.7. The van der Waals surface area contributed by atoms with Gasteiger partial charge in [-0.1, -0.05) is 0 Å². The summed E-state index contributed by atoms with van der Waals surface area (Å²) in [6, 6.07) is 0. The number of nitrogens with zero attached hydrogens (tertiary/aromatic N) is 1. The fourth-order valence-electron chi connectivity index (χ4n) is 2.50. The smallest absolute Gasteiger partial charge is 0.416 e. The zero-order valence-electron chi connectivity index (χ0n) is 11.1. The van der Waals surface area contributed by atoms with E-state index in [0.29, 0.717) is 0 Å². The molecule has 0 aromatic rings. The maximum absolute atomic E-state index is 12.0. The van der Waals surface area contributed by atoms with E-state index < -0.39 is 29.1 Å². The predicted molar refractivity (Wildman–Crippen MR) is 58.5 cm³/mol. The summed E-state index contributed by atoms with van der Waals surface area (Å²) in [4.78, 5) is 25.1. The number of fused-ring (bicyclic) bond motifs is 1. The number of cyclic esters (lactones) is 1. The molecule has 2 fully saturated rings. The van der Waals surface area contributed by atoms with E-state index in [2.05, 4.69) is 0 Å². The molecule has 2 aliphatic heterocycles. The van der Waals surface area contributed by atoms with Crippen molar-refractivity contribution in [1.29, 1.82) is 0 Å². The van der Waals surface area contributed by atoms with Crippen LogP contribution in [0, 0.1) is 0 Å². The average Bonchev–Trinajstić information content (AvgIpc) is 2.73. The van der Waals surface area contributed by atoms with E-state index in [1.165, 1.54) is 19.1 Å². The molecular weight excluding hydrogens is 242 g/mol. The van der Waals surface area contributed by atoms with Crippen molar-refractivity contribution in [2.24, 2.45) is 0 Å². The van der Waals surface area contributed by atoms with E-state index in [9.17, 15) is 9.59 Å². The zero-order chi connectivity index (χ0) is 13.8. The first kappa shape index (κ1) is 13.1. The van der Waals surface area contributed by atoms with Gasteiger partial charge in [0.25, 0.3) is 5.79 Å². The molecule has 2 rings (SSSR count). The van der Waals surface area contributed by atoms with Crippen LogP contribution in [0.15, 0.2) is 0 Å². The van der Waals surface area contributed by atoms with Crippen LogP contribution in [0.5, 0.6) is 0 Å². The summed E-state index contributed by atoms with van der Waals surface area (Å²) in [6.07, 6.45) is -0.660. The predicted octanol–water partition coefficient (Wildman–Crippen LogP) is 0.479. The monoisotopic (exact) mass is 259 g/mol. The van der Waals surface area contributed by atoms with E-state index in [4.69, 9.17) is 18.9 Å². The number of methoxy groups -OCH3 is 2. The lowest BCUT2D eigenvalue weighted by Crippen LogP contribution is -2.60. The molecule has 0 unspecified atom stereocenters. The number of rotatable bonds is 2. The number of ether oxygens (including phenoxy) is 4. The van der Waals surface area contributed by atoms with E-state index in [-0.39, 0.29) is 6.61 Å². The lowest BCUT2D eigenvalue weighted by Gasteiger charge is -2.36. The Morgan fingerprint density at radius 3 is 2.44 bits per heavy atom. The molecule has 0 N–H and O–H groups in total. The minimum atomic E-state index is -1.27. The minimum Gasteiger partial charge on any atom is -0.467 e. The highest BCUT2D eigenvalue weighted by Gasteiger charge is 2.72. The topological polar surface area (TPSA) is 74.3 Å². The Morgan fingerprint density at radius 2 is 1.94 bits per heavy atom. The second kappa shape index (κ2) is 3.58. The molecule has 0 aliphatic carbocycles. The summed E-state index contributed by atoms with van der Waals surface area (Å²) >= 11 is 0. The SMILES string of the molecule is COC(=O)[C@]1(C)CO[C@]2(C)N1C(=O)O[C@]2(C)OC. The Morgan fingerprint density at radius 1 is 1.33 bits per heavy atom. The number of hydrogen-bond acceptors (Lipinski definition) is 6. The van der Waals surface area contributed by atoms with Gasteiger partial charge in [0.05, 0.1) is 13.7 Å². The molecule has 0 bridgehead atoms. The highest BCUT2D eigenvalue weighted by atomic mass is 16.8. The maximum Gasteiger partial charge on any atom is 0.416 e. The Kier molecular flexibility index (Phi) is 2.61. The van der Waals surface area contributed by atoms with Crippen LogP contribution in [0.4, 0.5) is 4.79 Å². The molecule has 0 aromatic carbocycles. The van der Waals surface area contributed by atoms with Gasteiger partial charge < -0.3 is 18.9 Å². The molecule has 0 aromatic heterocycles. The molecule has 0 radical (unpaired) electrons. The van der Waals surface area contributed by atoms with Crippen molar-refractivity contribution in [3.8, 4) is 0 Å². The quantitative estimate of drug-likeness (QED) is 0.671. The van der Waals surface area contributed by atoms with E-state index >= 15 is 0 Å². The van der Waals surface area contributed by atoms with Crippen LogP contribution in [0.1, 0.15) is 20.8 Å². The number of amides is 1. The van der Waals surface area contributed by atoms with Crippen LogP contribution in [-0.2, 0) is 23.7 Å². The van der Waals surface area contributed by atoms with Crippen LogP contribution < -0.4 is 0 Å². The van der Waals surface area contributed by atoms with Gasteiger partial charge in [0.15, 0.2) is 5.54 Å². The van der Waals surface area contributed by atoms with Gasteiger partial charge in [-0.05, 0) is 13.8 Å². The fraction of sp³-hybridized carbons (Fsp3) is 0.818. The first-order valence-corrected chi connectivity index (χ1v) is 5.56. The summed E-state index contributed by atoms with van der Waals surface area (Å²) < 4.78 is 20.8. The molecule has 1 amide bonds. The summed E-state index contributed by atoms with van der Waals surface area (Å²) in [7, 11) is 2.68. The standard InChI is InChI=1S/C11H17NO6/c1-9(7(13)15-4)6-17-10(2)11(3,16-5)18-8(14)12(9)10/h6H2,1-5H3/t9-,10-,11-/m0/s1. The van der Waals surface area contributed by atoms with Crippen LogP contribution in [0.2, 0.25) is 0 Å². The second-order valence-corrected chi connectivity index (χ2v) is 4.89. The average molecular weight is 259 g/mol. The Hall–Kier alpha value is -1.34. The van der Waals surface area contributed by atoms with Gasteiger partial charge in [-0.2, -0.15) is 0 Å². The lowest BCUT2D eigenvalue weighted by atomic mass is 9.99. The maximum atomic E-state index is 12.0. The lowest BCUT2D eigenvalue weighted by molar-refractivity contribution is -0.259. The van der Waals surface area contributed by atoms with Gasteiger partial charge in [0.1, 0.15) is 0 Å². The number of carbonyl (C=O) groups excluding carboxylic acids is 2. The van der Waals surface area contributed by atoms with Gasteiger partial charge in [0, 0.05) is 14.0 Å². The van der Waals surface area contributed by atoms with Crippen LogP contribution in [0.25, 0.3) is 0 Å². The van der Waals surface area contributed by atoms with Crippen molar-refractivity contribution in [3.05, 3.63) is 0 Å². The van der Waals surface area contributed by atoms with E-state index in [1.807, 2.05) is 0 Å². The van der Waals surface area contributed by atoms with Gasteiger partial charge in [-0.25, -0.2) is 9.59 Å². The Bertz CT molecular complexity index is 412. The molecule has 3 atom stereocenters. The molecule has 7 nitrogen and oxygen atoms in total. The summed E-state index contributed by atoms with van der Waals surface area (Å²) in [6.45, 7) is 4.85. The van der Waals surface area contributed by atoms with Crippen LogP contribution in [-0.4, -0.2) is 54.8 Å². The van der Waals surface area contributed by atoms with Gasteiger partial charge in [-0.15, -0.1) is 0 Å². The second-order valence-electron chi connectivity index (χ2n) is 4.89. The molecular formula is C11H17NO6. The third kappa shape index (κ3) is 1.26. The van der Waals surface area contributed by atoms with Crippen LogP contribution >= 0.6 is 0 Å². The first-order chi connectivity index (χ1) is 8.25. The zero-order valence-corrected chi connectivity index (χ0v) is 11.1. The largest absolute Gasteiger partial charge is 0.467 e. The minimum absolute atomic E-state index is 0.0320. The summed E-state index contributed by atoms with van der Waals surface area (Å²) in [5.41, 5.74) is -2.38. The molecule has 2 saturated heterocycles. The van der Waals surface area contributed by atoms with Crippen LogP contribution in [0.3, 0.4) is 0 Å². The number of hydrogen-bond donors (Lipinski definition) is 0. The third-order valence-electron chi connectivity index (χ3n) is 3.88. The van der Waals surface area contributed by atoms with E-state index in [1.54, 1.807) is 20.8 Å². The molecule has 2 heterocycles. The van der Waals surface area contributed by atoms with Crippen molar-refractivity contribution < 1.29 is 28.5 Å². The summed E-state index contributed by atoms with van der Waals surface area (Å²) in [5, 5.41) is 0. The highest BCUT2D eigenvalue weighted by molar-refractivity contribution is 5.87. The molecule has 18 heavy (non-hydrogen) atoms.